The minimum absolute atomic E-state index is 0.435. The third-order valence-corrected chi connectivity index (χ3v) is 2.28. The van der Waals surface area contributed by atoms with Crippen molar-refractivity contribution in [3.8, 4) is 5.75 Å². The van der Waals surface area contributed by atoms with E-state index in [1.165, 1.54) is 7.11 Å². The summed E-state index contributed by atoms with van der Waals surface area (Å²) in [6.07, 6.45) is 0. The minimum atomic E-state index is -3.21. The number of hydrogen-bond acceptors (Lipinski definition) is 2. The van der Waals surface area contributed by atoms with E-state index in [1.54, 1.807) is 24.3 Å². The Morgan fingerprint density at radius 3 is 2.73 bits per heavy atom. The molecule has 1 saturated heterocycles. The first-order valence-electron chi connectivity index (χ1n) is 4.38. The summed E-state index contributed by atoms with van der Waals surface area (Å²) >= 11 is 0. The molecule has 0 unspecified atom stereocenters. The molecule has 0 aliphatic carbocycles. The van der Waals surface area contributed by atoms with Gasteiger partial charge < -0.3 is 9.64 Å². The highest BCUT2D eigenvalue weighted by Gasteiger charge is 2.54. The first-order chi connectivity index (χ1) is 7.04. The molecule has 15 heavy (non-hydrogen) atoms. The van der Waals surface area contributed by atoms with Crippen molar-refractivity contribution in [2.45, 2.75) is 5.92 Å². The Bertz CT molecular complexity index is 406. The summed E-state index contributed by atoms with van der Waals surface area (Å²) in [5.74, 6) is -3.82. The normalized spacial score (nSPS) is 18.6. The molecular weight excluding hydrogens is 204 g/mol. The second-order valence-electron chi connectivity index (χ2n) is 3.30. The van der Waals surface area contributed by atoms with E-state index in [2.05, 4.69) is 0 Å². The van der Waals surface area contributed by atoms with Crippen LogP contribution in [0.5, 0.6) is 5.75 Å². The van der Waals surface area contributed by atoms with Crippen LogP contribution in [0.15, 0.2) is 24.3 Å². The fourth-order valence-corrected chi connectivity index (χ4v) is 1.43. The molecule has 1 amide bonds. The highest BCUT2D eigenvalue weighted by Crippen LogP contribution is 2.34. The second-order valence-corrected chi connectivity index (χ2v) is 3.30. The highest BCUT2D eigenvalue weighted by atomic mass is 19.3. The van der Waals surface area contributed by atoms with Gasteiger partial charge in [0.15, 0.2) is 0 Å². The maximum absolute atomic E-state index is 12.6. The van der Waals surface area contributed by atoms with E-state index in [4.69, 9.17) is 4.74 Å². The van der Waals surface area contributed by atoms with Gasteiger partial charge in [-0.3, -0.25) is 4.79 Å². The number of alkyl halides is 2. The lowest BCUT2D eigenvalue weighted by molar-refractivity contribution is -0.152. The number of carbonyl (C=O) groups excluding carboxylic acids is 1. The van der Waals surface area contributed by atoms with E-state index in [9.17, 15) is 13.6 Å². The maximum Gasteiger partial charge on any atom is 0.342 e. The van der Waals surface area contributed by atoms with Crippen molar-refractivity contribution in [3.05, 3.63) is 24.3 Å². The van der Waals surface area contributed by atoms with Gasteiger partial charge in [-0.05, 0) is 12.1 Å². The molecule has 1 fully saturated rings. The van der Waals surface area contributed by atoms with Crippen molar-refractivity contribution in [1.82, 2.24) is 0 Å². The third-order valence-electron chi connectivity index (χ3n) is 2.28. The molecule has 5 heteroatoms. The van der Waals surface area contributed by atoms with Gasteiger partial charge in [0.2, 0.25) is 0 Å². The van der Waals surface area contributed by atoms with Crippen LogP contribution in [-0.2, 0) is 4.79 Å². The molecule has 1 aromatic carbocycles. The molecule has 1 aliphatic rings. The lowest BCUT2D eigenvalue weighted by Crippen LogP contribution is -2.62. The van der Waals surface area contributed by atoms with Crippen LogP contribution in [0.3, 0.4) is 0 Å². The van der Waals surface area contributed by atoms with Crippen molar-refractivity contribution >= 4 is 11.6 Å². The standard InChI is InChI=1S/C10H9F2NO2/c1-15-8-4-2-3-7(5-8)13-6-10(11,12)9(13)14/h2-5H,6H2,1H3. The summed E-state index contributed by atoms with van der Waals surface area (Å²) in [4.78, 5) is 12.0. The lowest BCUT2D eigenvalue weighted by Gasteiger charge is -2.37. The minimum Gasteiger partial charge on any atom is -0.497 e. The Kier molecular flexibility index (Phi) is 2.10. The van der Waals surface area contributed by atoms with Crippen LogP contribution < -0.4 is 9.64 Å². The zero-order valence-electron chi connectivity index (χ0n) is 8.04. The number of β-lactam (4-membered cyclic amide) rings is 1. The molecule has 80 valence electrons. The average molecular weight is 213 g/mol. The molecule has 0 saturated carbocycles. The smallest absolute Gasteiger partial charge is 0.342 e. The summed E-state index contributed by atoms with van der Waals surface area (Å²) < 4.78 is 30.2. The summed E-state index contributed by atoms with van der Waals surface area (Å²) in [6.45, 7) is -0.557. The third kappa shape index (κ3) is 1.54. The van der Waals surface area contributed by atoms with Crippen LogP contribution in [0.25, 0.3) is 0 Å². The molecule has 2 rings (SSSR count). The zero-order valence-corrected chi connectivity index (χ0v) is 8.04. The fraction of sp³-hybridized carbons (Fsp3) is 0.300. The predicted molar refractivity (Wildman–Crippen MR) is 50.3 cm³/mol. The molecule has 0 aromatic heterocycles. The van der Waals surface area contributed by atoms with Gasteiger partial charge in [-0.1, -0.05) is 6.07 Å². The average Bonchev–Trinajstić information content (AvgIpc) is 2.26. The van der Waals surface area contributed by atoms with Gasteiger partial charge >= 0.3 is 5.92 Å². The Morgan fingerprint density at radius 2 is 2.20 bits per heavy atom. The van der Waals surface area contributed by atoms with Gasteiger partial charge in [-0.15, -0.1) is 0 Å². The van der Waals surface area contributed by atoms with Gasteiger partial charge in [0.05, 0.1) is 13.7 Å². The molecule has 0 spiro atoms. The highest BCUT2D eigenvalue weighted by molar-refractivity contribution is 6.05. The number of anilines is 1. The van der Waals surface area contributed by atoms with Gasteiger partial charge in [-0.25, -0.2) is 0 Å². The van der Waals surface area contributed by atoms with Crippen LogP contribution in [0.4, 0.5) is 14.5 Å². The number of amides is 1. The van der Waals surface area contributed by atoms with E-state index in [0.29, 0.717) is 11.4 Å². The molecule has 0 bridgehead atoms. The molecule has 1 aliphatic heterocycles. The number of benzene rings is 1. The monoisotopic (exact) mass is 213 g/mol. The summed E-state index contributed by atoms with van der Waals surface area (Å²) in [5.41, 5.74) is 0.435. The van der Waals surface area contributed by atoms with Crippen molar-refractivity contribution in [2.24, 2.45) is 0 Å². The summed E-state index contributed by atoms with van der Waals surface area (Å²) in [5, 5.41) is 0. The Balaban J connectivity index is 2.22. The van der Waals surface area contributed by atoms with Crippen molar-refractivity contribution in [3.63, 3.8) is 0 Å². The van der Waals surface area contributed by atoms with E-state index < -0.39 is 18.4 Å². The van der Waals surface area contributed by atoms with Crippen molar-refractivity contribution in [2.75, 3.05) is 18.6 Å². The van der Waals surface area contributed by atoms with Crippen molar-refractivity contribution in [1.29, 1.82) is 0 Å². The van der Waals surface area contributed by atoms with Crippen LogP contribution in [0.1, 0.15) is 0 Å². The number of ether oxygens (including phenoxy) is 1. The molecule has 1 heterocycles. The van der Waals surface area contributed by atoms with Crippen LogP contribution in [0.2, 0.25) is 0 Å². The number of methoxy groups -OCH3 is 1. The molecule has 0 N–H and O–H groups in total. The van der Waals surface area contributed by atoms with E-state index in [0.717, 1.165) is 4.90 Å². The molecule has 0 radical (unpaired) electrons. The van der Waals surface area contributed by atoms with Crippen LogP contribution >= 0.6 is 0 Å². The van der Waals surface area contributed by atoms with E-state index in [-0.39, 0.29) is 0 Å². The maximum atomic E-state index is 12.6. The molecule has 3 nitrogen and oxygen atoms in total. The summed E-state index contributed by atoms with van der Waals surface area (Å²) in [6, 6.07) is 6.48. The summed E-state index contributed by atoms with van der Waals surface area (Å²) in [7, 11) is 1.48. The number of rotatable bonds is 2. The second kappa shape index (κ2) is 3.18. The Morgan fingerprint density at radius 1 is 1.47 bits per heavy atom. The van der Waals surface area contributed by atoms with Crippen LogP contribution in [0, 0.1) is 0 Å². The topological polar surface area (TPSA) is 29.5 Å². The van der Waals surface area contributed by atoms with Gasteiger partial charge in [0.1, 0.15) is 5.75 Å². The quantitative estimate of drug-likeness (QED) is 0.699. The fourth-order valence-electron chi connectivity index (χ4n) is 1.43. The number of hydrogen-bond donors (Lipinski definition) is 0. The predicted octanol–water partition coefficient (Wildman–Crippen LogP) is 1.68. The van der Waals surface area contributed by atoms with E-state index in [1.807, 2.05) is 0 Å². The number of halogens is 2. The first kappa shape index (κ1) is 9.89. The Hall–Kier alpha value is -1.65. The van der Waals surface area contributed by atoms with Gasteiger partial charge in [-0.2, -0.15) is 8.78 Å². The SMILES string of the molecule is COc1cccc(N2CC(F)(F)C2=O)c1. The van der Waals surface area contributed by atoms with E-state index >= 15 is 0 Å². The van der Waals surface area contributed by atoms with Crippen LogP contribution in [-0.4, -0.2) is 25.5 Å². The van der Waals surface area contributed by atoms with Gasteiger partial charge in [0, 0.05) is 11.8 Å². The first-order valence-corrected chi connectivity index (χ1v) is 4.38. The zero-order chi connectivity index (χ0) is 11.1. The van der Waals surface area contributed by atoms with Gasteiger partial charge in [0.25, 0.3) is 5.91 Å². The number of nitrogens with zero attached hydrogens (tertiary/aromatic N) is 1. The largest absolute Gasteiger partial charge is 0.497 e. The van der Waals surface area contributed by atoms with Crippen molar-refractivity contribution < 1.29 is 18.3 Å². The molecule has 1 aromatic rings. The molecule has 0 atom stereocenters. The molecular formula is C10H9F2NO2. The Labute approximate surface area is 85.3 Å². The lowest BCUT2D eigenvalue weighted by atomic mass is 10.1. The number of carbonyl (C=O) groups is 1.